The van der Waals surface area contributed by atoms with Crippen molar-refractivity contribution in [1.82, 2.24) is 10.2 Å². The van der Waals surface area contributed by atoms with Crippen molar-refractivity contribution in [2.24, 2.45) is 16.5 Å². The summed E-state index contributed by atoms with van der Waals surface area (Å²) in [6, 6.07) is 11.1. The molecule has 0 aliphatic heterocycles. The highest BCUT2D eigenvalue weighted by molar-refractivity contribution is 6.31. The first-order valence-corrected chi connectivity index (χ1v) is 13.8. The van der Waals surface area contributed by atoms with Crippen LogP contribution in [0.1, 0.15) is 54.4 Å². The second kappa shape index (κ2) is 16.3. The molecule has 0 radical (unpaired) electrons. The summed E-state index contributed by atoms with van der Waals surface area (Å²) < 4.78 is 7.78. The number of benzene rings is 1. The summed E-state index contributed by atoms with van der Waals surface area (Å²) in [4.78, 5) is 31.6. The van der Waals surface area contributed by atoms with Crippen molar-refractivity contribution in [3.63, 3.8) is 0 Å². The van der Waals surface area contributed by atoms with E-state index in [1.54, 1.807) is 22.9 Å². The number of nitrogens with two attached hydrogens (primary N) is 2. The molecule has 1 saturated carbocycles. The van der Waals surface area contributed by atoms with Crippen LogP contribution >= 0.6 is 23.2 Å². The van der Waals surface area contributed by atoms with Crippen molar-refractivity contribution in [1.29, 1.82) is 0 Å². The smallest absolute Gasteiger partial charge is 0.257 e. The molecule has 1 amide bonds. The van der Waals surface area contributed by atoms with E-state index in [-0.39, 0.29) is 31.1 Å². The molecule has 38 heavy (non-hydrogen) atoms. The van der Waals surface area contributed by atoms with E-state index in [1.165, 1.54) is 6.38 Å². The van der Waals surface area contributed by atoms with Gasteiger partial charge in [0.15, 0.2) is 24.1 Å². The molecule has 2 aromatic rings. The highest BCUT2D eigenvalue weighted by Crippen LogP contribution is 2.42. The highest BCUT2D eigenvalue weighted by atomic mass is 35.5. The minimum atomic E-state index is -0.801. The monoisotopic (exact) mass is 565 g/mol. The first-order valence-electron chi connectivity index (χ1n) is 12.6. The number of aromatic nitrogens is 1. The van der Waals surface area contributed by atoms with Crippen molar-refractivity contribution in [2.45, 2.75) is 50.8 Å². The van der Waals surface area contributed by atoms with Gasteiger partial charge in [0.25, 0.3) is 12.6 Å². The number of halogens is 2. The van der Waals surface area contributed by atoms with E-state index in [0.29, 0.717) is 36.5 Å². The Morgan fingerprint density at radius 2 is 1.95 bits per heavy atom. The van der Waals surface area contributed by atoms with Crippen molar-refractivity contribution in [2.75, 3.05) is 33.3 Å². The van der Waals surface area contributed by atoms with Crippen LogP contribution in [0, 0.1) is 0 Å². The van der Waals surface area contributed by atoms with E-state index in [1.807, 2.05) is 42.4 Å². The van der Waals surface area contributed by atoms with E-state index in [9.17, 15) is 9.59 Å². The Morgan fingerprint density at radius 3 is 2.66 bits per heavy atom. The number of ketones is 1. The molecule has 1 heterocycles. The third-order valence-corrected chi connectivity index (χ3v) is 6.76. The molecule has 1 atom stereocenters. The van der Waals surface area contributed by atoms with Gasteiger partial charge < -0.3 is 21.5 Å². The number of nitrogens with one attached hydrogen (secondary N) is 1. The van der Waals surface area contributed by atoms with Gasteiger partial charge in [-0.25, -0.2) is 0 Å². The second-order valence-electron chi connectivity index (χ2n) is 9.01. The van der Waals surface area contributed by atoms with Crippen LogP contribution in [0.25, 0.3) is 0 Å². The zero-order chi connectivity index (χ0) is 28.0. The lowest BCUT2D eigenvalue weighted by Crippen LogP contribution is -2.53. The van der Waals surface area contributed by atoms with Gasteiger partial charge in [-0.2, -0.15) is 4.57 Å². The maximum atomic E-state index is 13.2. The molecule has 3 rings (SSSR count). The number of likely N-dealkylation sites (N-methyl/N-ethyl adjacent to an activating group) is 1. The molecule has 1 aliphatic rings. The van der Waals surface area contributed by atoms with Crippen LogP contribution in [0.2, 0.25) is 5.02 Å². The predicted octanol–water partition coefficient (Wildman–Crippen LogP) is 3.17. The van der Waals surface area contributed by atoms with Crippen molar-refractivity contribution in [3.8, 4) is 0 Å². The van der Waals surface area contributed by atoms with Crippen LogP contribution in [0.4, 0.5) is 0 Å². The molecule has 1 aromatic heterocycles. The van der Waals surface area contributed by atoms with Crippen molar-refractivity contribution < 1.29 is 18.9 Å². The summed E-state index contributed by atoms with van der Waals surface area (Å²) in [6.07, 6.45) is 9.66. The van der Waals surface area contributed by atoms with Gasteiger partial charge in [-0.1, -0.05) is 36.2 Å². The van der Waals surface area contributed by atoms with E-state index < -0.39 is 5.54 Å². The van der Waals surface area contributed by atoms with Crippen LogP contribution in [-0.4, -0.2) is 55.8 Å². The normalized spacial score (nSPS) is 16.9. The van der Waals surface area contributed by atoms with Crippen molar-refractivity contribution >= 4 is 40.9 Å². The number of carbonyl (C=O) groups excluding carboxylic acids is 2. The Balaban J connectivity index is 0.00000247. The van der Waals surface area contributed by atoms with Crippen molar-refractivity contribution in [3.05, 3.63) is 64.9 Å². The number of hydrogen-bond donors (Lipinski definition) is 3. The topological polar surface area (TPSA) is 127 Å². The molecule has 9 nitrogen and oxygen atoms in total. The average molecular weight is 567 g/mol. The summed E-state index contributed by atoms with van der Waals surface area (Å²) in [5, 5.41) is 3.49. The molecular formula is C27H39Cl2N6O3+. The van der Waals surface area contributed by atoms with Crippen LogP contribution in [-0.2, 0) is 21.8 Å². The minimum Gasteiger partial charge on any atom is -0.370 e. The lowest BCUT2D eigenvalue weighted by Gasteiger charge is -2.43. The number of ether oxygens (including phenoxy) is 1. The molecule has 1 aliphatic carbocycles. The first kappa shape index (κ1) is 31.5. The molecule has 208 valence electrons. The van der Waals surface area contributed by atoms with Gasteiger partial charge in [-0.15, -0.1) is 11.6 Å². The number of rotatable bonds is 12. The maximum Gasteiger partial charge on any atom is 0.257 e. The number of pyridine rings is 1. The van der Waals surface area contributed by atoms with Gasteiger partial charge in [0, 0.05) is 37.0 Å². The first-order chi connectivity index (χ1) is 18.3. The Bertz CT molecular complexity index is 1080. The molecule has 5 N–H and O–H groups in total. The second-order valence-corrected chi connectivity index (χ2v) is 9.41. The van der Waals surface area contributed by atoms with E-state index in [0.717, 1.165) is 31.2 Å². The lowest BCUT2D eigenvalue weighted by atomic mass is 9.74. The van der Waals surface area contributed by atoms with Gasteiger partial charge in [-0.05, 0) is 50.4 Å². The van der Waals surface area contributed by atoms with E-state index in [4.69, 9.17) is 27.8 Å². The fourth-order valence-electron chi connectivity index (χ4n) is 4.58. The Labute approximate surface area is 235 Å². The molecule has 0 spiro atoms. The number of Topliss-reactive ketones (excluding diaryl/α,β-unsaturated/α-hetero) is 1. The quantitative estimate of drug-likeness (QED) is 0.0905. The number of carbonyl (C=O) groups is 2. The Hall–Kier alpha value is -2.72. The summed E-state index contributed by atoms with van der Waals surface area (Å²) in [6.45, 7) is 1.54. The predicted molar refractivity (Wildman–Crippen MR) is 151 cm³/mol. The highest BCUT2D eigenvalue weighted by Gasteiger charge is 2.46. The number of guanidine groups is 1. The van der Waals surface area contributed by atoms with E-state index >= 15 is 0 Å². The SMILES string of the molecule is CCl.CN(COC[n+]1cccc(C(=O)NCCCCN=C(N)N)c1)C1(c2ccccc2Cl)CCCCC1=O. The zero-order valence-electron chi connectivity index (χ0n) is 22.2. The fraction of sp³-hybridized carbons (Fsp3) is 0.481. The van der Waals surface area contributed by atoms with Gasteiger partial charge in [0.05, 0.1) is 0 Å². The summed E-state index contributed by atoms with van der Waals surface area (Å²) in [7, 11) is 1.90. The molecule has 0 saturated heterocycles. The Morgan fingerprint density at radius 1 is 1.18 bits per heavy atom. The number of aliphatic imine (C=N–C) groups is 1. The summed E-state index contributed by atoms with van der Waals surface area (Å²) >= 11 is 11.2. The van der Waals surface area contributed by atoms with E-state index in [2.05, 4.69) is 21.9 Å². The maximum absolute atomic E-state index is 13.2. The molecule has 1 fully saturated rings. The largest absolute Gasteiger partial charge is 0.370 e. The standard InChI is InChI=1S/C26H35ClN6O3.CH3Cl/c1-32(26(13-5-4-12-23(26)34)21-10-2-3-11-22(21)27)18-36-19-33-16-8-9-20(17-33)24(35)30-14-6-7-15-31-25(28)29;1-2/h2-3,8-11,16-17H,4-7,12-15,18-19H2,1H3,(H4-,28,29,30,31,35);1H3/p+1. The number of amides is 1. The van der Waals surface area contributed by atoms with Gasteiger partial charge in [0.2, 0.25) is 0 Å². The number of hydrogen-bond acceptors (Lipinski definition) is 5. The third-order valence-electron chi connectivity index (χ3n) is 6.44. The molecular weight excluding hydrogens is 527 g/mol. The summed E-state index contributed by atoms with van der Waals surface area (Å²) in [5.74, 6) is 0.0806. The number of nitrogens with zero attached hydrogens (tertiary/aromatic N) is 3. The lowest BCUT2D eigenvalue weighted by molar-refractivity contribution is -0.733. The third kappa shape index (κ3) is 8.66. The molecule has 1 unspecified atom stereocenters. The van der Waals surface area contributed by atoms with Gasteiger partial charge in [-0.3, -0.25) is 19.5 Å². The van der Waals surface area contributed by atoms with Crippen LogP contribution in [0.15, 0.2) is 53.8 Å². The molecule has 1 aromatic carbocycles. The van der Waals surface area contributed by atoms with Crippen LogP contribution < -0.4 is 21.4 Å². The zero-order valence-corrected chi connectivity index (χ0v) is 23.7. The summed E-state index contributed by atoms with van der Waals surface area (Å²) in [5.41, 5.74) is 11.2. The fourth-order valence-corrected chi connectivity index (χ4v) is 4.87. The minimum absolute atomic E-state index is 0.0747. The average Bonchev–Trinajstić information content (AvgIpc) is 2.92. The molecule has 11 heteroatoms. The van der Waals surface area contributed by atoms with Crippen LogP contribution in [0.5, 0.6) is 0 Å². The van der Waals surface area contributed by atoms with Gasteiger partial charge >= 0.3 is 0 Å². The van der Waals surface area contributed by atoms with Crippen LogP contribution in [0.3, 0.4) is 0 Å². The van der Waals surface area contributed by atoms with Gasteiger partial charge in [0.1, 0.15) is 17.8 Å². The molecule has 0 bridgehead atoms. The number of unbranched alkanes of at least 4 members (excludes halogenated alkanes) is 1. The number of alkyl halides is 1. The Kier molecular flexibility index (Phi) is 13.5.